The molecule has 0 fully saturated rings. The van der Waals surface area contributed by atoms with Gasteiger partial charge in [-0.25, -0.2) is 0 Å². The Morgan fingerprint density at radius 3 is 2.25 bits per heavy atom. The van der Waals surface area contributed by atoms with Crippen molar-refractivity contribution in [2.24, 2.45) is 11.1 Å². The average molecular weight is 172 g/mol. The molecule has 0 aromatic carbocycles. The van der Waals surface area contributed by atoms with E-state index in [9.17, 15) is 0 Å². The highest BCUT2D eigenvalue weighted by Crippen LogP contribution is 2.10. The fourth-order valence-electron chi connectivity index (χ4n) is 1.03. The van der Waals surface area contributed by atoms with Crippen molar-refractivity contribution < 1.29 is 0 Å². The number of nitrogens with two attached hydrogens (primary N) is 1. The molecule has 0 bridgehead atoms. The van der Waals surface area contributed by atoms with Crippen LogP contribution >= 0.6 is 0 Å². The van der Waals surface area contributed by atoms with Gasteiger partial charge in [-0.15, -0.1) is 0 Å². The molecule has 3 N–H and O–H groups in total. The maximum absolute atomic E-state index is 5.39. The highest BCUT2D eigenvalue weighted by molar-refractivity contribution is 4.64. The Kier molecular flexibility index (Phi) is 6.39. The van der Waals surface area contributed by atoms with E-state index in [-0.39, 0.29) is 0 Å². The summed E-state index contributed by atoms with van der Waals surface area (Å²) in [5.74, 6) is 0. The molecule has 0 rings (SSSR count). The Morgan fingerprint density at radius 2 is 1.75 bits per heavy atom. The summed E-state index contributed by atoms with van der Waals surface area (Å²) in [5.41, 5.74) is 5.80. The molecule has 0 aliphatic heterocycles. The van der Waals surface area contributed by atoms with Crippen LogP contribution < -0.4 is 11.1 Å². The van der Waals surface area contributed by atoms with Crippen molar-refractivity contribution in [2.75, 3.05) is 19.6 Å². The molecule has 74 valence electrons. The smallest absolute Gasteiger partial charge is 0.0000126 e. The first-order chi connectivity index (χ1) is 5.56. The third-order valence-electron chi connectivity index (χ3n) is 1.71. The van der Waals surface area contributed by atoms with Crippen molar-refractivity contribution in [3.8, 4) is 0 Å². The Hall–Kier alpha value is -0.0800. The van der Waals surface area contributed by atoms with Gasteiger partial charge in [-0.3, -0.25) is 0 Å². The van der Waals surface area contributed by atoms with Gasteiger partial charge in [0.25, 0.3) is 0 Å². The minimum atomic E-state index is 0.411. The normalized spacial score (nSPS) is 12.0. The van der Waals surface area contributed by atoms with E-state index < -0.39 is 0 Å². The Balaban J connectivity index is 3.01. The Bertz CT molecular complexity index is 94.5. The summed E-state index contributed by atoms with van der Waals surface area (Å²) < 4.78 is 0. The van der Waals surface area contributed by atoms with Gasteiger partial charge in [0.15, 0.2) is 0 Å². The van der Waals surface area contributed by atoms with Gasteiger partial charge in [0.05, 0.1) is 0 Å². The lowest BCUT2D eigenvalue weighted by Crippen LogP contribution is -2.27. The van der Waals surface area contributed by atoms with Gasteiger partial charge in [0.2, 0.25) is 0 Å². The first kappa shape index (κ1) is 11.9. The predicted octanol–water partition coefficient (Wildman–Crippen LogP) is 1.75. The van der Waals surface area contributed by atoms with E-state index in [1.165, 1.54) is 12.8 Å². The summed E-state index contributed by atoms with van der Waals surface area (Å²) in [6.45, 7) is 9.83. The molecule has 0 saturated carbocycles. The third kappa shape index (κ3) is 9.92. The number of hydrogen-bond donors (Lipinski definition) is 2. The van der Waals surface area contributed by atoms with Gasteiger partial charge >= 0.3 is 0 Å². The van der Waals surface area contributed by atoms with Crippen LogP contribution in [0.5, 0.6) is 0 Å². The second kappa shape index (κ2) is 6.44. The second-order valence-corrected chi connectivity index (χ2v) is 4.59. The number of hydrogen-bond acceptors (Lipinski definition) is 2. The minimum Gasteiger partial charge on any atom is -0.330 e. The molecular weight excluding hydrogens is 148 g/mol. The summed E-state index contributed by atoms with van der Waals surface area (Å²) in [6.07, 6.45) is 3.68. The van der Waals surface area contributed by atoms with Crippen molar-refractivity contribution in [3.63, 3.8) is 0 Å². The highest BCUT2D eigenvalue weighted by atomic mass is 14.9. The van der Waals surface area contributed by atoms with E-state index in [0.29, 0.717) is 5.41 Å². The molecular formula is C10H24N2. The Morgan fingerprint density at radius 1 is 1.08 bits per heavy atom. The highest BCUT2D eigenvalue weighted by Gasteiger charge is 2.07. The van der Waals surface area contributed by atoms with Crippen molar-refractivity contribution >= 4 is 0 Å². The van der Waals surface area contributed by atoms with Gasteiger partial charge < -0.3 is 11.1 Å². The van der Waals surface area contributed by atoms with Crippen molar-refractivity contribution in [2.45, 2.75) is 40.0 Å². The molecule has 0 aromatic rings. The van der Waals surface area contributed by atoms with Crippen LogP contribution in [-0.2, 0) is 0 Å². The third-order valence-corrected chi connectivity index (χ3v) is 1.71. The zero-order valence-corrected chi connectivity index (χ0v) is 8.82. The molecule has 0 spiro atoms. The van der Waals surface area contributed by atoms with Crippen LogP contribution in [0.3, 0.4) is 0 Å². The molecule has 0 heterocycles. The van der Waals surface area contributed by atoms with Crippen LogP contribution in [0.4, 0.5) is 0 Å². The lowest BCUT2D eigenvalue weighted by molar-refractivity contribution is 0.377. The van der Waals surface area contributed by atoms with E-state index >= 15 is 0 Å². The fraction of sp³-hybridized carbons (Fsp3) is 1.00. The molecule has 2 heteroatoms. The molecule has 2 nitrogen and oxygen atoms in total. The van der Waals surface area contributed by atoms with Gasteiger partial charge in [-0.05, 0) is 37.9 Å². The summed E-state index contributed by atoms with van der Waals surface area (Å²) in [6, 6.07) is 0. The molecule has 0 aliphatic rings. The average Bonchev–Trinajstić information content (AvgIpc) is 1.94. The van der Waals surface area contributed by atoms with Gasteiger partial charge in [-0.1, -0.05) is 27.2 Å². The summed E-state index contributed by atoms with van der Waals surface area (Å²) in [5, 5.41) is 3.44. The standard InChI is InChI=1S/C10H24N2/c1-10(2,3)9-12-8-6-4-5-7-11/h12H,4-9,11H2,1-3H3. The molecule has 0 atom stereocenters. The molecule has 0 radical (unpaired) electrons. The van der Waals surface area contributed by atoms with Crippen LogP contribution in [0, 0.1) is 5.41 Å². The predicted molar refractivity (Wildman–Crippen MR) is 55.2 cm³/mol. The number of unbranched alkanes of at least 4 members (excludes halogenated alkanes) is 2. The maximum atomic E-state index is 5.39. The molecule has 12 heavy (non-hydrogen) atoms. The molecule has 0 unspecified atom stereocenters. The van der Waals surface area contributed by atoms with Crippen LogP contribution in [0.2, 0.25) is 0 Å². The number of rotatable bonds is 6. The van der Waals surface area contributed by atoms with E-state index in [4.69, 9.17) is 5.73 Å². The van der Waals surface area contributed by atoms with Crippen molar-refractivity contribution in [1.29, 1.82) is 0 Å². The van der Waals surface area contributed by atoms with Crippen LogP contribution in [0.25, 0.3) is 0 Å². The Labute approximate surface area is 76.9 Å². The quantitative estimate of drug-likeness (QED) is 0.599. The van der Waals surface area contributed by atoms with E-state index in [2.05, 4.69) is 26.1 Å². The summed E-state index contributed by atoms with van der Waals surface area (Å²) >= 11 is 0. The first-order valence-electron chi connectivity index (χ1n) is 4.97. The van der Waals surface area contributed by atoms with Gasteiger partial charge in [-0.2, -0.15) is 0 Å². The molecule has 0 aliphatic carbocycles. The van der Waals surface area contributed by atoms with Gasteiger partial charge in [0.1, 0.15) is 0 Å². The maximum Gasteiger partial charge on any atom is -0.0000126 e. The number of nitrogens with one attached hydrogen (secondary N) is 1. The zero-order chi connectivity index (χ0) is 9.45. The van der Waals surface area contributed by atoms with Crippen LogP contribution in [0.15, 0.2) is 0 Å². The van der Waals surface area contributed by atoms with Crippen molar-refractivity contribution in [1.82, 2.24) is 5.32 Å². The largest absolute Gasteiger partial charge is 0.330 e. The molecule has 0 aromatic heterocycles. The zero-order valence-electron chi connectivity index (χ0n) is 8.82. The topological polar surface area (TPSA) is 38.0 Å². The summed E-state index contributed by atoms with van der Waals surface area (Å²) in [7, 11) is 0. The van der Waals surface area contributed by atoms with Gasteiger partial charge in [0, 0.05) is 0 Å². The van der Waals surface area contributed by atoms with Crippen molar-refractivity contribution in [3.05, 3.63) is 0 Å². The molecule has 0 saturated heterocycles. The SMILES string of the molecule is CC(C)(C)CNCCCCCN. The van der Waals surface area contributed by atoms with E-state index in [1.54, 1.807) is 0 Å². The van der Waals surface area contributed by atoms with E-state index in [0.717, 1.165) is 26.1 Å². The van der Waals surface area contributed by atoms with E-state index in [1.807, 2.05) is 0 Å². The van der Waals surface area contributed by atoms with Crippen LogP contribution in [-0.4, -0.2) is 19.6 Å². The minimum absolute atomic E-state index is 0.411. The summed E-state index contributed by atoms with van der Waals surface area (Å²) in [4.78, 5) is 0. The molecule has 0 amide bonds. The first-order valence-corrected chi connectivity index (χ1v) is 4.97. The second-order valence-electron chi connectivity index (χ2n) is 4.59. The fourth-order valence-corrected chi connectivity index (χ4v) is 1.03. The van der Waals surface area contributed by atoms with Crippen LogP contribution in [0.1, 0.15) is 40.0 Å². The monoisotopic (exact) mass is 172 g/mol. The lowest BCUT2D eigenvalue weighted by atomic mass is 9.97. The lowest BCUT2D eigenvalue weighted by Gasteiger charge is -2.18.